The number of nitrogens with zero attached hydrogens (tertiary/aromatic N) is 4. The number of fused-ring (bicyclic) bond motifs is 4. The van der Waals surface area contributed by atoms with Crippen LogP contribution in [0.15, 0.2) is 249 Å². The van der Waals surface area contributed by atoms with E-state index in [1.165, 1.54) is 5.56 Å². The number of anilines is 4. The summed E-state index contributed by atoms with van der Waals surface area (Å²) in [5, 5.41) is 1.98. The van der Waals surface area contributed by atoms with Crippen molar-refractivity contribution in [3.63, 3.8) is 0 Å². The monoisotopic (exact) mass is 1040 g/mol. The molecule has 0 radical (unpaired) electrons. The average Bonchev–Trinajstić information content (AvgIpc) is 2.44. The molecule has 0 atom stereocenters. The van der Waals surface area contributed by atoms with E-state index in [9.17, 15) is 0 Å². The Bertz CT molecular complexity index is 4370. The van der Waals surface area contributed by atoms with Crippen molar-refractivity contribution in [2.75, 3.05) is 16.5 Å². The molecule has 0 aliphatic carbocycles. The molecule has 80 heavy (non-hydrogen) atoms. The first-order valence-electron chi connectivity index (χ1n) is 29.1. The van der Waals surface area contributed by atoms with Crippen LogP contribution in [-0.4, -0.2) is 16.2 Å². The van der Waals surface area contributed by atoms with E-state index in [-0.39, 0.29) is 16.4 Å². The normalized spacial score (nSPS) is 13.3. The molecule has 5 heteroatoms. The molecule has 1 aliphatic rings. The van der Waals surface area contributed by atoms with Gasteiger partial charge in [0.25, 0.3) is 0 Å². The van der Waals surface area contributed by atoms with Gasteiger partial charge in [0.15, 0.2) is 0 Å². The van der Waals surface area contributed by atoms with E-state index < -0.39 is 6.85 Å². The minimum absolute atomic E-state index is 0.0234. The number of aromatic nitrogens is 2. The number of aryl methyl sites for hydroxylation is 1. The fourth-order valence-electron chi connectivity index (χ4n) is 11.5. The standard InChI is InChI=1S/C75H64N4O/c1-50-41-72(76-48-66(50)54-29-18-11-19-30-54)79-67-40-37-56(51-23-12-8-13-24-51)42-64(67)65-46-63(53-27-16-10-17-28-53)71(47-70(65)79)80-60-44-58(75(5,6)7)43-59(45-60)77-49-78(69-34-21-20-33-68(69)77)73-61(52-25-14-9-15-26-52)31-22-32-62(73)55-35-38-57(39-36-55)74(2,3)4/h8-48H,49H2,1-7H3/i1D3. The van der Waals surface area contributed by atoms with Crippen LogP contribution in [-0.2, 0) is 10.8 Å². The molecular weight excluding hydrogens is 973 g/mol. The lowest BCUT2D eigenvalue weighted by Crippen LogP contribution is -2.25. The van der Waals surface area contributed by atoms with Crippen LogP contribution in [0, 0.1) is 6.85 Å². The molecule has 12 aromatic rings. The molecule has 0 bridgehead atoms. The third kappa shape index (κ3) is 9.28. The number of rotatable bonds is 10. The number of hydrogen-bond acceptors (Lipinski definition) is 4. The molecule has 0 saturated carbocycles. The first-order chi connectivity index (χ1) is 40.0. The first-order valence-corrected chi connectivity index (χ1v) is 27.6. The van der Waals surface area contributed by atoms with Crippen molar-refractivity contribution in [2.45, 2.75) is 59.2 Å². The highest BCUT2D eigenvalue weighted by atomic mass is 16.5. The van der Waals surface area contributed by atoms with Gasteiger partial charge in [-0.05, 0) is 116 Å². The molecule has 0 saturated heterocycles. The molecule has 0 N–H and O–H groups in total. The summed E-state index contributed by atoms with van der Waals surface area (Å²) in [6.07, 6.45) is 1.71. The number of hydrogen-bond donors (Lipinski definition) is 0. The minimum atomic E-state index is -2.43. The van der Waals surface area contributed by atoms with Crippen molar-refractivity contribution in [3.05, 3.63) is 266 Å². The van der Waals surface area contributed by atoms with E-state index in [1.807, 2.05) is 42.5 Å². The summed E-state index contributed by atoms with van der Waals surface area (Å²) >= 11 is 0. The highest BCUT2D eigenvalue weighted by Crippen LogP contribution is 2.52. The van der Waals surface area contributed by atoms with Gasteiger partial charge in [-0.25, -0.2) is 4.98 Å². The Morgan fingerprint density at radius 1 is 0.425 bits per heavy atom. The van der Waals surface area contributed by atoms with Crippen LogP contribution in [0.3, 0.4) is 0 Å². The lowest BCUT2D eigenvalue weighted by molar-refractivity contribution is 0.481. The molecule has 3 heterocycles. The molecule has 390 valence electrons. The summed E-state index contributed by atoms with van der Waals surface area (Å²) < 4.78 is 36.1. The lowest BCUT2D eigenvalue weighted by Gasteiger charge is -2.28. The van der Waals surface area contributed by atoms with Crippen LogP contribution in [0.25, 0.3) is 83.3 Å². The van der Waals surface area contributed by atoms with Crippen LogP contribution in [0.2, 0.25) is 0 Å². The van der Waals surface area contributed by atoms with Crippen LogP contribution in [0.4, 0.5) is 22.7 Å². The number of benzene rings is 10. The highest BCUT2D eigenvalue weighted by molar-refractivity contribution is 6.12. The quantitative estimate of drug-likeness (QED) is 0.137. The topological polar surface area (TPSA) is 33.5 Å². The second-order valence-electron chi connectivity index (χ2n) is 23.1. The van der Waals surface area contributed by atoms with Gasteiger partial charge in [0, 0.05) is 61.2 Å². The highest BCUT2D eigenvalue weighted by Gasteiger charge is 2.33. The van der Waals surface area contributed by atoms with Gasteiger partial charge in [-0.15, -0.1) is 0 Å². The van der Waals surface area contributed by atoms with Gasteiger partial charge < -0.3 is 14.5 Å². The molecule has 2 aromatic heterocycles. The van der Waals surface area contributed by atoms with Crippen molar-refractivity contribution in [1.29, 1.82) is 0 Å². The zero-order chi connectivity index (χ0) is 57.2. The second-order valence-corrected chi connectivity index (χ2v) is 23.1. The maximum atomic E-state index is 8.84. The lowest BCUT2D eigenvalue weighted by atomic mass is 9.86. The van der Waals surface area contributed by atoms with E-state index in [2.05, 4.69) is 250 Å². The van der Waals surface area contributed by atoms with E-state index in [0.29, 0.717) is 29.5 Å². The Kier molecular flexibility index (Phi) is 11.7. The maximum Gasteiger partial charge on any atom is 0.137 e. The van der Waals surface area contributed by atoms with Crippen LogP contribution >= 0.6 is 0 Å². The Balaban J connectivity index is 0.987. The predicted molar refractivity (Wildman–Crippen MR) is 336 cm³/mol. The van der Waals surface area contributed by atoms with Crippen molar-refractivity contribution < 1.29 is 8.85 Å². The van der Waals surface area contributed by atoms with Gasteiger partial charge in [0.05, 0.1) is 28.1 Å². The zero-order valence-corrected chi connectivity index (χ0v) is 46.1. The summed E-state index contributed by atoms with van der Waals surface area (Å²) in [5.74, 6) is 1.83. The van der Waals surface area contributed by atoms with Crippen molar-refractivity contribution in [2.24, 2.45) is 0 Å². The molecule has 0 amide bonds. The van der Waals surface area contributed by atoms with E-state index in [4.69, 9.17) is 13.8 Å². The van der Waals surface area contributed by atoms with Gasteiger partial charge >= 0.3 is 0 Å². The summed E-state index contributed by atoms with van der Waals surface area (Å²) in [6.45, 7) is 11.7. The number of ether oxygens (including phenoxy) is 1. The SMILES string of the molecule is [2H]C([2H])([2H])c1cc(-n2c3ccc(-c4ccccc4)cc3c3cc(-c4ccccc4)c(Oc4cc(N5CN(c6c(-c7ccccc7)cccc6-c6ccc(C(C)(C)C)cc6)c6ccccc65)cc(C(C)(C)C)c4)cc32)ncc1-c1ccccc1. The zero-order valence-electron chi connectivity index (χ0n) is 49.1. The largest absolute Gasteiger partial charge is 0.457 e. The third-order valence-electron chi connectivity index (χ3n) is 15.8. The number of pyridine rings is 1. The summed E-state index contributed by atoms with van der Waals surface area (Å²) in [7, 11) is 0. The van der Waals surface area contributed by atoms with E-state index in [1.54, 1.807) is 12.3 Å². The second kappa shape index (κ2) is 20.1. The first kappa shape index (κ1) is 46.6. The molecule has 0 unspecified atom stereocenters. The molecule has 13 rings (SSSR count). The fraction of sp³-hybridized carbons (Fsp3) is 0.133. The molecule has 0 spiro atoms. The molecule has 0 fully saturated rings. The van der Waals surface area contributed by atoms with Crippen LogP contribution in [0.5, 0.6) is 11.5 Å². The van der Waals surface area contributed by atoms with Crippen LogP contribution < -0.4 is 14.5 Å². The average molecular weight is 1040 g/mol. The molecule has 5 nitrogen and oxygen atoms in total. The summed E-state index contributed by atoms with van der Waals surface area (Å²) in [4.78, 5) is 10.0. The Morgan fingerprint density at radius 2 is 0.963 bits per heavy atom. The minimum Gasteiger partial charge on any atom is -0.457 e. The molecule has 1 aliphatic heterocycles. The van der Waals surface area contributed by atoms with E-state index in [0.717, 1.165) is 100 Å². The Labute approximate surface area is 474 Å². The predicted octanol–water partition coefficient (Wildman–Crippen LogP) is 20.5. The van der Waals surface area contributed by atoms with Crippen molar-refractivity contribution in [3.8, 4) is 73.0 Å². The summed E-state index contributed by atoms with van der Waals surface area (Å²) in [5.41, 5.74) is 18.5. The van der Waals surface area contributed by atoms with Gasteiger partial charge in [0.2, 0.25) is 0 Å². The third-order valence-corrected chi connectivity index (χ3v) is 15.8. The van der Waals surface area contributed by atoms with Gasteiger partial charge in [-0.2, -0.15) is 0 Å². The van der Waals surface area contributed by atoms with Gasteiger partial charge in [-0.1, -0.05) is 224 Å². The maximum absolute atomic E-state index is 8.84. The molecule has 10 aromatic carbocycles. The molecular formula is C75H64N4O. The van der Waals surface area contributed by atoms with Crippen LogP contribution in [0.1, 0.15) is 62.3 Å². The smallest absolute Gasteiger partial charge is 0.137 e. The van der Waals surface area contributed by atoms with Crippen molar-refractivity contribution in [1.82, 2.24) is 9.55 Å². The van der Waals surface area contributed by atoms with E-state index >= 15 is 0 Å². The Hall–Kier alpha value is -9.45. The Morgan fingerprint density at radius 3 is 1.57 bits per heavy atom. The van der Waals surface area contributed by atoms with Crippen molar-refractivity contribution >= 4 is 44.6 Å². The fourth-order valence-corrected chi connectivity index (χ4v) is 11.5. The van der Waals surface area contributed by atoms with Gasteiger partial charge in [0.1, 0.15) is 24.0 Å². The summed E-state index contributed by atoms with van der Waals surface area (Å²) in [6, 6.07) is 85.0. The number of para-hydroxylation sites is 3. The van der Waals surface area contributed by atoms with Gasteiger partial charge in [-0.3, -0.25) is 4.57 Å².